The second-order valence-corrected chi connectivity index (χ2v) is 10.0. The summed E-state index contributed by atoms with van der Waals surface area (Å²) in [6.45, 7) is 2.80. The number of carbonyl (C=O) groups excluding carboxylic acids is 2. The van der Waals surface area contributed by atoms with E-state index in [0.717, 1.165) is 11.3 Å². The normalized spacial score (nSPS) is 15.3. The number of aromatic nitrogens is 1. The van der Waals surface area contributed by atoms with Crippen LogP contribution in [0.3, 0.4) is 0 Å². The van der Waals surface area contributed by atoms with Gasteiger partial charge in [-0.3, -0.25) is 9.36 Å². The lowest BCUT2D eigenvalue weighted by atomic mass is 9.96. The number of rotatable bonds is 7. The van der Waals surface area contributed by atoms with Crippen LogP contribution in [-0.2, 0) is 14.3 Å². The predicted molar refractivity (Wildman–Crippen MR) is 139 cm³/mol. The molecule has 192 valence electrons. The van der Waals surface area contributed by atoms with E-state index < -0.39 is 30.1 Å². The summed E-state index contributed by atoms with van der Waals surface area (Å²) < 4.78 is 12.1. The molecule has 1 aliphatic rings. The highest BCUT2D eigenvalue weighted by Gasteiger charge is 2.34. The molecule has 0 spiro atoms. The van der Waals surface area contributed by atoms with Crippen LogP contribution in [0.5, 0.6) is 5.75 Å². The number of carboxylic acids is 1. The second-order valence-electron chi connectivity index (χ2n) is 7.80. The minimum absolute atomic E-state index is 0.0143. The number of hydrogen-bond acceptors (Lipinski definition) is 8. The number of ether oxygens (including phenoxy) is 2. The van der Waals surface area contributed by atoms with Crippen molar-refractivity contribution in [1.29, 1.82) is 0 Å². The number of allylic oxidation sites excluding steroid dienone is 1. The van der Waals surface area contributed by atoms with Crippen molar-refractivity contribution < 1.29 is 24.2 Å². The first-order chi connectivity index (χ1) is 17.6. The van der Waals surface area contributed by atoms with Gasteiger partial charge in [0.1, 0.15) is 12.6 Å². The number of carboxylic acid groups (broad SMARTS) is 1. The predicted octanol–water partition coefficient (Wildman–Crippen LogP) is 2.89. The van der Waals surface area contributed by atoms with Crippen LogP contribution < -0.4 is 24.7 Å². The number of hydrogen-bond donors (Lipinski definition) is 0. The van der Waals surface area contributed by atoms with Gasteiger partial charge in [0.2, 0.25) is 0 Å². The van der Waals surface area contributed by atoms with E-state index in [-0.39, 0.29) is 28.0 Å². The molecule has 0 aliphatic carbocycles. The monoisotopic (exact) mass is 579 g/mol. The van der Waals surface area contributed by atoms with E-state index in [9.17, 15) is 19.5 Å². The van der Waals surface area contributed by atoms with Gasteiger partial charge in [0.15, 0.2) is 10.6 Å². The van der Waals surface area contributed by atoms with E-state index >= 15 is 0 Å². The lowest BCUT2D eigenvalue weighted by molar-refractivity contribution is -0.307. The third-order valence-electron chi connectivity index (χ3n) is 5.37. The van der Waals surface area contributed by atoms with Crippen molar-refractivity contribution in [3.05, 3.63) is 93.6 Å². The molecule has 0 fully saturated rings. The Bertz CT molecular complexity index is 1600. The number of halogens is 3. The molecule has 0 radical (unpaired) electrons. The van der Waals surface area contributed by atoms with Crippen LogP contribution in [0.15, 0.2) is 57.5 Å². The molecule has 37 heavy (non-hydrogen) atoms. The third kappa shape index (κ3) is 5.45. The molecular formula is C25H18Cl3N2O6S-. The fraction of sp³-hybridized carbons (Fsp3) is 0.200. The van der Waals surface area contributed by atoms with Crippen LogP contribution in [0.1, 0.15) is 31.0 Å². The number of aliphatic carboxylic acids is 1. The van der Waals surface area contributed by atoms with Gasteiger partial charge in [-0.2, -0.15) is 0 Å². The quantitative estimate of drug-likeness (QED) is 0.398. The van der Waals surface area contributed by atoms with E-state index in [2.05, 4.69) is 4.99 Å². The van der Waals surface area contributed by atoms with E-state index in [0.29, 0.717) is 31.2 Å². The van der Waals surface area contributed by atoms with E-state index in [1.165, 1.54) is 16.7 Å². The van der Waals surface area contributed by atoms with Crippen molar-refractivity contribution in [2.24, 2.45) is 4.99 Å². The van der Waals surface area contributed by atoms with Crippen molar-refractivity contribution in [3.8, 4) is 5.75 Å². The molecular weight excluding hydrogens is 563 g/mol. The lowest BCUT2D eigenvalue weighted by Gasteiger charge is -2.25. The van der Waals surface area contributed by atoms with Crippen LogP contribution in [0, 0.1) is 0 Å². The van der Waals surface area contributed by atoms with Crippen molar-refractivity contribution in [2.75, 3.05) is 13.2 Å². The molecule has 1 aliphatic heterocycles. The van der Waals surface area contributed by atoms with Crippen LogP contribution in [0.2, 0.25) is 15.1 Å². The first kappa shape index (κ1) is 26.9. The Morgan fingerprint density at radius 2 is 1.84 bits per heavy atom. The SMILES string of the molecule is CCOC(=O)C1=C(C)N=c2s/c(=C/c3cc(Cl)c(OCC(=O)[O-])c(Cl)c3)c(=O)n2[C@H]1c1ccccc1Cl. The highest BCUT2D eigenvalue weighted by molar-refractivity contribution is 7.07. The minimum atomic E-state index is -1.43. The Hall–Kier alpha value is -3.11. The smallest absolute Gasteiger partial charge is 0.338 e. The summed E-state index contributed by atoms with van der Waals surface area (Å²) >= 11 is 20.1. The first-order valence-corrected chi connectivity index (χ1v) is 12.8. The van der Waals surface area contributed by atoms with E-state index in [1.54, 1.807) is 44.2 Å². The Morgan fingerprint density at radius 3 is 2.46 bits per heavy atom. The third-order valence-corrected chi connectivity index (χ3v) is 7.26. The Balaban J connectivity index is 1.88. The van der Waals surface area contributed by atoms with Gasteiger partial charge in [0.25, 0.3) is 5.56 Å². The van der Waals surface area contributed by atoms with Crippen molar-refractivity contribution in [1.82, 2.24) is 4.57 Å². The first-order valence-electron chi connectivity index (χ1n) is 10.9. The summed E-state index contributed by atoms with van der Waals surface area (Å²) in [5, 5.41) is 11.2. The second kappa shape index (κ2) is 11.1. The average Bonchev–Trinajstić information content (AvgIpc) is 3.12. The fourth-order valence-corrected chi connectivity index (χ4v) is 5.76. The molecule has 0 unspecified atom stereocenters. The summed E-state index contributed by atoms with van der Waals surface area (Å²) in [6, 6.07) is 9.06. The number of fused-ring (bicyclic) bond motifs is 1. The van der Waals surface area contributed by atoms with Crippen LogP contribution >= 0.6 is 46.1 Å². The van der Waals surface area contributed by atoms with E-state index in [1.807, 2.05) is 0 Å². The summed E-state index contributed by atoms with van der Waals surface area (Å²) in [4.78, 5) is 42.2. The Labute approximate surface area is 229 Å². The topological polar surface area (TPSA) is 110 Å². The molecule has 8 nitrogen and oxygen atoms in total. The average molecular weight is 581 g/mol. The van der Waals surface area contributed by atoms with Crippen molar-refractivity contribution >= 4 is 64.2 Å². The number of carbonyl (C=O) groups is 2. The van der Waals surface area contributed by atoms with Gasteiger partial charge in [-0.15, -0.1) is 0 Å². The van der Waals surface area contributed by atoms with Gasteiger partial charge < -0.3 is 19.4 Å². The minimum Gasteiger partial charge on any atom is -0.546 e. The van der Waals surface area contributed by atoms with Gasteiger partial charge in [0, 0.05) is 5.02 Å². The van der Waals surface area contributed by atoms with Gasteiger partial charge in [-0.05, 0) is 49.2 Å². The van der Waals surface area contributed by atoms with Crippen LogP contribution in [-0.4, -0.2) is 29.7 Å². The molecule has 0 saturated heterocycles. The maximum absolute atomic E-state index is 13.7. The van der Waals surface area contributed by atoms with Gasteiger partial charge in [-0.25, -0.2) is 9.79 Å². The molecule has 0 saturated carbocycles. The molecule has 12 heteroatoms. The lowest BCUT2D eigenvalue weighted by Crippen LogP contribution is -2.40. The van der Waals surface area contributed by atoms with Crippen molar-refractivity contribution in [3.63, 3.8) is 0 Å². The zero-order valence-corrected chi connectivity index (χ0v) is 22.5. The molecule has 1 aromatic heterocycles. The molecule has 2 heterocycles. The molecule has 4 rings (SSSR count). The largest absolute Gasteiger partial charge is 0.546 e. The highest BCUT2D eigenvalue weighted by Crippen LogP contribution is 2.35. The molecule has 0 amide bonds. The summed E-state index contributed by atoms with van der Waals surface area (Å²) in [5.41, 5.74) is 1.24. The zero-order valence-electron chi connectivity index (χ0n) is 19.4. The highest BCUT2D eigenvalue weighted by atomic mass is 35.5. The molecule has 3 aromatic rings. The Morgan fingerprint density at radius 1 is 1.16 bits per heavy atom. The zero-order chi connectivity index (χ0) is 26.9. The van der Waals surface area contributed by atoms with Gasteiger partial charge >= 0.3 is 5.97 Å². The summed E-state index contributed by atoms with van der Waals surface area (Å²) in [5.74, 6) is -2.03. The summed E-state index contributed by atoms with van der Waals surface area (Å²) in [7, 11) is 0. The number of benzene rings is 2. The van der Waals surface area contributed by atoms with E-state index in [4.69, 9.17) is 44.3 Å². The van der Waals surface area contributed by atoms with Crippen molar-refractivity contribution in [2.45, 2.75) is 19.9 Å². The van der Waals surface area contributed by atoms with Crippen LogP contribution in [0.25, 0.3) is 6.08 Å². The molecule has 1 atom stereocenters. The van der Waals surface area contributed by atoms with Gasteiger partial charge in [-0.1, -0.05) is 64.3 Å². The number of esters is 1. The number of nitrogens with zero attached hydrogens (tertiary/aromatic N) is 2. The molecule has 0 N–H and O–H groups in total. The Kier molecular flexibility index (Phi) is 8.08. The number of thiazole rings is 1. The standard InChI is InChI=1S/C25H19Cl3N2O6S/c1-3-35-24(34)20-12(2)29-25-30(21(20)14-6-4-5-7-15(14)26)23(33)18(37-25)10-13-8-16(27)22(17(28)9-13)36-11-19(31)32/h4-10,21H,3,11H2,1-2H3,(H,31,32)/p-1/b18-10+/t21-/m0/s1. The maximum atomic E-state index is 13.7. The van der Waals surface area contributed by atoms with Gasteiger partial charge in [0.05, 0.1) is 38.4 Å². The fourth-order valence-electron chi connectivity index (χ4n) is 3.87. The molecule has 0 bridgehead atoms. The molecule has 2 aromatic carbocycles. The maximum Gasteiger partial charge on any atom is 0.338 e. The van der Waals surface area contributed by atoms with Crippen LogP contribution in [0.4, 0.5) is 0 Å². The summed E-state index contributed by atoms with van der Waals surface area (Å²) in [6.07, 6.45) is 1.57.